The predicted molar refractivity (Wildman–Crippen MR) is 77.8 cm³/mol. The molecule has 0 saturated heterocycles. The van der Waals surface area contributed by atoms with Gasteiger partial charge in [-0.15, -0.1) is 0 Å². The maximum Gasteiger partial charge on any atom is 0.307 e. The van der Waals surface area contributed by atoms with Gasteiger partial charge in [-0.05, 0) is 25.1 Å². The summed E-state index contributed by atoms with van der Waals surface area (Å²) in [6.45, 7) is 2.68. The minimum absolute atomic E-state index is 0.160. The number of carbonyl (C=O) groups excluding carboxylic acids is 2. The maximum absolute atomic E-state index is 12.3. The van der Waals surface area contributed by atoms with Gasteiger partial charge in [-0.3, -0.25) is 9.59 Å². The van der Waals surface area contributed by atoms with Crippen LogP contribution in [0.25, 0.3) is 0 Å². The largest absolute Gasteiger partial charge is 0.493 e. The third kappa shape index (κ3) is 4.66. The lowest BCUT2D eigenvalue weighted by atomic mass is 10.1. The number of methoxy groups -OCH3 is 2. The average Bonchev–Trinajstić information content (AvgIpc) is 2.52. The summed E-state index contributed by atoms with van der Waals surface area (Å²) in [6.07, 6.45) is 0.160. The lowest BCUT2D eigenvalue weighted by molar-refractivity contribution is -0.140. The Morgan fingerprint density at radius 2 is 1.90 bits per heavy atom. The van der Waals surface area contributed by atoms with Gasteiger partial charge in [0, 0.05) is 19.2 Å². The molecular formula is C15H21NO5. The number of ether oxygens (including phenoxy) is 3. The lowest BCUT2D eigenvalue weighted by Gasteiger charge is -2.17. The summed E-state index contributed by atoms with van der Waals surface area (Å²) in [6, 6.07) is 5.00. The zero-order valence-electron chi connectivity index (χ0n) is 12.8. The molecule has 1 amide bonds. The molecule has 0 saturated carbocycles. The SMILES string of the molecule is CCOc1ccc(C(=O)N(C)CCC(=O)OC)cc1OC. The second kappa shape index (κ2) is 8.14. The van der Waals surface area contributed by atoms with Gasteiger partial charge in [0.25, 0.3) is 5.91 Å². The number of hydrogen-bond acceptors (Lipinski definition) is 5. The maximum atomic E-state index is 12.3. The fraction of sp³-hybridized carbons (Fsp3) is 0.467. The molecule has 6 nitrogen and oxygen atoms in total. The molecule has 0 radical (unpaired) electrons. The molecule has 0 unspecified atom stereocenters. The lowest BCUT2D eigenvalue weighted by Crippen LogP contribution is -2.29. The predicted octanol–water partition coefficient (Wildman–Crippen LogP) is 1.73. The first-order valence-corrected chi connectivity index (χ1v) is 6.66. The van der Waals surface area contributed by atoms with E-state index in [4.69, 9.17) is 9.47 Å². The molecule has 0 spiro atoms. The van der Waals surface area contributed by atoms with Gasteiger partial charge in [-0.1, -0.05) is 0 Å². The number of carbonyl (C=O) groups is 2. The Morgan fingerprint density at radius 1 is 1.19 bits per heavy atom. The van der Waals surface area contributed by atoms with Crippen LogP contribution in [0.15, 0.2) is 18.2 Å². The molecule has 1 aromatic rings. The molecular weight excluding hydrogens is 274 g/mol. The second-order valence-corrected chi connectivity index (χ2v) is 4.35. The highest BCUT2D eigenvalue weighted by molar-refractivity contribution is 5.95. The van der Waals surface area contributed by atoms with Crippen molar-refractivity contribution in [2.75, 3.05) is 34.4 Å². The van der Waals surface area contributed by atoms with Crippen LogP contribution in [0.5, 0.6) is 11.5 Å². The van der Waals surface area contributed by atoms with Crippen molar-refractivity contribution in [2.24, 2.45) is 0 Å². The van der Waals surface area contributed by atoms with Gasteiger partial charge in [0.1, 0.15) is 0 Å². The Balaban J connectivity index is 2.79. The quantitative estimate of drug-likeness (QED) is 0.717. The average molecular weight is 295 g/mol. The van der Waals surface area contributed by atoms with Gasteiger partial charge in [-0.2, -0.15) is 0 Å². The highest BCUT2D eigenvalue weighted by Gasteiger charge is 2.15. The first-order valence-electron chi connectivity index (χ1n) is 6.66. The molecule has 0 aromatic heterocycles. The summed E-state index contributed by atoms with van der Waals surface area (Å²) in [4.78, 5) is 24.8. The minimum Gasteiger partial charge on any atom is -0.493 e. The fourth-order valence-corrected chi connectivity index (χ4v) is 1.76. The number of esters is 1. The molecule has 0 atom stereocenters. The summed E-state index contributed by atoms with van der Waals surface area (Å²) in [5.41, 5.74) is 0.475. The molecule has 0 aliphatic heterocycles. The Bertz CT molecular complexity index is 501. The Labute approximate surface area is 124 Å². The molecule has 0 N–H and O–H groups in total. The molecule has 21 heavy (non-hydrogen) atoms. The Hall–Kier alpha value is -2.24. The van der Waals surface area contributed by atoms with Crippen LogP contribution in [0.2, 0.25) is 0 Å². The van der Waals surface area contributed by atoms with Crippen LogP contribution in [-0.2, 0) is 9.53 Å². The van der Waals surface area contributed by atoms with Crippen LogP contribution >= 0.6 is 0 Å². The van der Waals surface area contributed by atoms with Crippen molar-refractivity contribution in [2.45, 2.75) is 13.3 Å². The number of nitrogens with zero attached hydrogens (tertiary/aromatic N) is 1. The van der Waals surface area contributed by atoms with E-state index in [-0.39, 0.29) is 18.3 Å². The number of benzene rings is 1. The molecule has 0 fully saturated rings. The summed E-state index contributed by atoms with van der Waals surface area (Å²) in [7, 11) is 4.47. The number of hydrogen-bond donors (Lipinski definition) is 0. The normalized spacial score (nSPS) is 9.90. The van der Waals surface area contributed by atoms with E-state index in [0.29, 0.717) is 30.2 Å². The molecule has 6 heteroatoms. The van der Waals surface area contributed by atoms with E-state index >= 15 is 0 Å². The molecule has 1 rings (SSSR count). The van der Waals surface area contributed by atoms with Gasteiger partial charge in [-0.25, -0.2) is 0 Å². The van der Waals surface area contributed by atoms with Crippen molar-refractivity contribution < 1.29 is 23.8 Å². The van der Waals surface area contributed by atoms with Crippen molar-refractivity contribution in [1.29, 1.82) is 0 Å². The zero-order valence-corrected chi connectivity index (χ0v) is 12.8. The van der Waals surface area contributed by atoms with Crippen molar-refractivity contribution >= 4 is 11.9 Å². The third-order valence-corrected chi connectivity index (χ3v) is 2.94. The first-order chi connectivity index (χ1) is 10.0. The van der Waals surface area contributed by atoms with E-state index in [9.17, 15) is 9.59 Å². The first kappa shape index (κ1) is 16.8. The van der Waals surface area contributed by atoms with Crippen molar-refractivity contribution in [1.82, 2.24) is 4.90 Å². The smallest absolute Gasteiger partial charge is 0.307 e. The van der Waals surface area contributed by atoms with E-state index in [1.165, 1.54) is 19.1 Å². The molecule has 0 aliphatic rings. The Morgan fingerprint density at radius 3 is 2.48 bits per heavy atom. The molecule has 0 aliphatic carbocycles. The van der Waals surface area contributed by atoms with Crippen molar-refractivity contribution in [3.63, 3.8) is 0 Å². The Kier molecular flexibility index (Phi) is 6.52. The van der Waals surface area contributed by atoms with Crippen LogP contribution < -0.4 is 9.47 Å². The van der Waals surface area contributed by atoms with E-state index in [2.05, 4.69) is 4.74 Å². The van der Waals surface area contributed by atoms with Gasteiger partial charge in [0.2, 0.25) is 0 Å². The minimum atomic E-state index is -0.348. The fourth-order valence-electron chi connectivity index (χ4n) is 1.76. The van der Waals surface area contributed by atoms with Crippen LogP contribution in [0.4, 0.5) is 0 Å². The van der Waals surface area contributed by atoms with Crippen LogP contribution in [0.1, 0.15) is 23.7 Å². The molecule has 1 aromatic carbocycles. The van der Waals surface area contributed by atoms with Crippen LogP contribution in [0, 0.1) is 0 Å². The van der Waals surface area contributed by atoms with E-state index in [1.54, 1.807) is 25.2 Å². The van der Waals surface area contributed by atoms with E-state index in [1.807, 2.05) is 6.92 Å². The summed E-state index contributed by atoms with van der Waals surface area (Å²) >= 11 is 0. The van der Waals surface area contributed by atoms with Gasteiger partial charge in [0.05, 0.1) is 27.2 Å². The van der Waals surface area contributed by atoms with Crippen molar-refractivity contribution in [3.8, 4) is 11.5 Å². The van der Waals surface area contributed by atoms with E-state index in [0.717, 1.165) is 0 Å². The summed E-state index contributed by atoms with van der Waals surface area (Å²) in [5.74, 6) is 0.553. The summed E-state index contributed by atoms with van der Waals surface area (Å²) < 4.78 is 15.2. The highest BCUT2D eigenvalue weighted by atomic mass is 16.5. The van der Waals surface area contributed by atoms with Crippen LogP contribution in [-0.4, -0.2) is 51.2 Å². The molecule has 116 valence electrons. The molecule has 0 heterocycles. The third-order valence-electron chi connectivity index (χ3n) is 2.94. The van der Waals surface area contributed by atoms with Gasteiger partial charge < -0.3 is 19.1 Å². The molecule has 0 bridgehead atoms. The standard InChI is InChI=1S/C15H21NO5/c1-5-21-12-7-6-11(10-13(12)19-3)15(18)16(2)9-8-14(17)20-4/h6-7,10H,5,8-9H2,1-4H3. The van der Waals surface area contributed by atoms with Gasteiger partial charge in [0.15, 0.2) is 11.5 Å². The van der Waals surface area contributed by atoms with E-state index < -0.39 is 0 Å². The monoisotopic (exact) mass is 295 g/mol. The second-order valence-electron chi connectivity index (χ2n) is 4.35. The number of amides is 1. The van der Waals surface area contributed by atoms with Crippen LogP contribution in [0.3, 0.4) is 0 Å². The topological polar surface area (TPSA) is 65.1 Å². The highest BCUT2D eigenvalue weighted by Crippen LogP contribution is 2.28. The zero-order chi connectivity index (χ0) is 15.8. The number of rotatable bonds is 7. The summed E-state index contributed by atoms with van der Waals surface area (Å²) in [5, 5.41) is 0. The van der Waals surface area contributed by atoms with Gasteiger partial charge >= 0.3 is 5.97 Å². The van der Waals surface area contributed by atoms with Crippen molar-refractivity contribution in [3.05, 3.63) is 23.8 Å².